The molecule has 0 saturated carbocycles. The Morgan fingerprint density at radius 2 is 2.29 bits per heavy atom. The Balaban J connectivity index is 2.16. The number of hydrogen-bond acceptors (Lipinski definition) is 3. The topological polar surface area (TPSA) is 53.1 Å². The van der Waals surface area contributed by atoms with Gasteiger partial charge in [0.25, 0.3) is 0 Å². The first-order valence-corrected chi connectivity index (χ1v) is 4.65. The fourth-order valence-corrected chi connectivity index (χ4v) is 1.73. The van der Waals surface area contributed by atoms with E-state index < -0.39 is 0 Å². The molecule has 0 amide bonds. The van der Waals surface area contributed by atoms with Gasteiger partial charge in [-0.2, -0.15) is 5.10 Å². The minimum atomic E-state index is 0.399. The molecule has 0 unspecified atom stereocenters. The molecule has 1 aliphatic heterocycles. The molecule has 0 spiro atoms. The van der Waals surface area contributed by atoms with Gasteiger partial charge in [-0.15, -0.1) is 0 Å². The van der Waals surface area contributed by atoms with Crippen molar-refractivity contribution in [3.63, 3.8) is 0 Å². The number of fused-ring (bicyclic) bond motifs is 1. The molecule has 4 heteroatoms. The highest BCUT2D eigenvalue weighted by atomic mass is 16.5. The molecule has 0 radical (unpaired) electrons. The van der Waals surface area contributed by atoms with Crippen LogP contribution in [0.1, 0.15) is 6.04 Å². The predicted molar refractivity (Wildman–Crippen MR) is 54.0 cm³/mol. The van der Waals surface area contributed by atoms with Crippen molar-refractivity contribution in [2.24, 2.45) is 0 Å². The van der Waals surface area contributed by atoms with Crippen molar-refractivity contribution in [3.05, 3.63) is 24.4 Å². The van der Waals surface area contributed by atoms with Gasteiger partial charge in [0.05, 0.1) is 31.0 Å². The van der Waals surface area contributed by atoms with Crippen LogP contribution in [-0.4, -0.2) is 23.0 Å². The molecule has 1 aromatic carbocycles. The van der Waals surface area contributed by atoms with E-state index in [9.17, 15) is 0 Å². The second kappa shape index (κ2) is 2.72. The van der Waals surface area contributed by atoms with Crippen LogP contribution in [0, 0.1) is 0 Å². The summed E-state index contributed by atoms with van der Waals surface area (Å²) in [5, 5.41) is 5.43. The molecule has 4 nitrogen and oxygen atoms in total. The number of hydrogen-bond donors (Lipinski definition) is 1. The summed E-state index contributed by atoms with van der Waals surface area (Å²) in [6, 6.07) is 6.25. The maximum Gasteiger partial charge on any atom is 0.0992 e. The van der Waals surface area contributed by atoms with E-state index in [0.29, 0.717) is 6.04 Å². The molecule has 2 aromatic rings. The third-order valence-corrected chi connectivity index (χ3v) is 2.59. The predicted octanol–water partition coefficient (Wildman–Crippen LogP) is 1.19. The Morgan fingerprint density at radius 1 is 1.43 bits per heavy atom. The van der Waals surface area contributed by atoms with Gasteiger partial charge in [-0.25, -0.2) is 0 Å². The van der Waals surface area contributed by atoms with Crippen LogP contribution in [0.25, 0.3) is 10.9 Å². The van der Waals surface area contributed by atoms with Crippen molar-refractivity contribution in [1.82, 2.24) is 9.78 Å². The zero-order chi connectivity index (χ0) is 9.54. The fraction of sp³-hybridized carbons (Fsp3) is 0.300. The number of nitrogen functional groups attached to an aromatic ring is 1. The normalized spacial score (nSPS) is 17.1. The number of benzene rings is 1. The van der Waals surface area contributed by atoms with Crippen LogP contribution in [0.15, 0.2) is 24.4 Å². The minimum absolute atomic E-state index is 0.399. The summed E-state index contributed by atoms with van der Waals surface area (Å²) in [5.74, 6) is 0. The van der Waals surface area contributed by atoms with E-state index >= 15 is 0 Å². The number of anilines is 1. The molecule has 0 atom stereocenters. The number of ether oxygens (including phenoxy) is 1. The smallest absolute Gasteiger partial charge is 0.0992 e. The van der Waals surface area contributed by atoms with Crippen LogP contribution in [0.4, 0.5) is 5.69 Å². The van der Waals surface area contributed by atoms with Gasteiger partial charge >= 0.3 is 0 Å². The van der Waals surface area contributed by atoms with E-state index in [4.69, 9.17) is 10.5 Å². The monoisotopic (exact) mass is 189 g/mol. The van der Waals surface area contributed by atoms with E-state index in [-0.39, 0.29) is 0 Å². The van der Waals surface area contributed by atoms with Gasteiger partial charge in [-0.1, -0.05) is 0 Å². The van der Waals surface area contributed by atoms with Crippen LogP contribution < -0.4 is 5.73 Å². The highest BCUT2D eigenvalue weighted by Crippen LogP contribution is 2.23. The zero-order valence-corrected chi connectivity index (χ0v) is 7.68. The summed E-state index contributed by atoms with van der Waals surface area (Å²) in [6.45, 7) is 1.53. The summed E-state index contributed by atoms with van der Waals surface area (Å²) in [4.78, 5) is 0. The number of nitrogens with zero attached hydrogens (tertiary/aromatic N) is 2. The highest BCUT2D eigenvalue weighted by molar-refractivity contribution is 5.82. The van der Waals surface area contributed by atoms with Gasteiger partial charge in [0.1, 0.15) is 0 Å². The molecule has 1 aromatic heterocycles. The van der Waals surface area contributed by atoms with Gasteiger partial charge in [0.2, 0.25) is 0 Å². The lowest BCUT2D eigenvalue weighted by molar-refractivity contribution is -0.0266. The SMILES string of the molecule is Nc1ccc2c(cnn2C2COC2)c1. The second-order valence-electron chi connectivity index (χ2n) is 3.60. The van der Waals surface area contributed by atoms with Crippen LogP contribution in [0.3, 0.4) is 0 Å². The second-order valence-corrected chi connectivity index (χ2v) is 3.60. The maximum atomic E-state index is 5.69. The molecule has 1 fully saturated rings. The molecular formula is C10H11N3O. The molecule has 2 N–H and O–H groups in total. The summed E-state index contributed by atoms with van der Waals surface area (Å²) < 4.78 is 7.16. The van der Waals surface area contributed by atoms with E-state index in [1.54, 1.807) is 0 Å². The Kier molecular flexibility index (Phi) is 1.52. The molecule has 3 rings (SSSR count). The van der Waals surface area contributed by atoms with Crippen LogP contribution in [-0.2, 0) is 4.74 Å². The van der Waals surface area contributed by atoms with E-state index in [2.05, 4.69) is 5.10 Å². The largest absolute Gasteiger partial charge is 0.399 e. The van der Waals surface area contributed by atoms with Crippen molar-refractivity contribution in [2.45, 2.75) is 6.04 Å². The van der Waals surface area contributed by atoms with Gasteiger partial charge in [-0.05, 0) is 18.2 Å². The van der Waals surface area contributed by atoms with E-state index in [0.717, 1.165) is 29.8 Å². The number of rotatable bonds is 1. The third-order valence-electron chi connectivity index (χ3n) is 2.59. The molecule has 0 aliphatic carbocycles. The van der Waals surface area contributed by atoms with Crippen LogP contribution >= 0.6 is 0 Å². The quantitative estimate of drug-likeness (QED) is 0.685. The molecule has 1 saturated heterocycles. The van der Waals surface area contributed by atoms with Crippen molar-refractivity contribution in [3.8, 4) is 0 Å². The Labute approximate surface area is 81.3 Å². The molecule has 72 valence electrons. The van der Waals surface area contributed by atoms with Crippen molar-refractivity contribution in [2.75, 3.05) is 18.9 Å². The minimum Gasteiger partial charge on any atom is -0.399 e. The number of aromatic nitrogens is 2. The van der Waals surface area contributed by atoms with Crippen molar-refractivity contribution >= 4 is 16.6 Å². The first-order valence-electron chi connectivity index (χ1n) is 4.65. The summed E-state index contributed by atoms with van der Waals surface area (Å²) in [6.07, 6.45) is 1.85. The Hall–Kier alpha value is -1.55. The van der Waals surface area contributed by atoms with Gasteiger partial charge in [0, 0.05) is 11.1 Å². The molecule has 14 heavy (non-hydrogen) atoms. The van der Waals surface area contributed by atoms with Gasteiger partial charge in [0.15, 0.2) is 0 Å². The lowest BCUT2D eigenvalue weighted by atomic mass is 10.2. The molecule has 1 aliphatic rings. The third kappa shape index (κ3) is 1.01. The van der Waals surface area contributed by atoms with Crippen molar-refractivity contribution in [1.29, 1.82) is 0 Å². The standard InChI is InChI=1S/C10H11N3O/c11-8-1-2-10-7(3-8)4-12-13(10)9-5-14-6-9/h1-4,9H,5-6,11H2. The van der Waals surface area contributed by atoms with Gasteiger partial charge in [-0.3, -0.25) is 4.68 Å². The first-order chi connectivity index (χ1) is 6.84. The van der Waals surface area contributed by atoms with E-state index in [1.807, 2.05) is 29.1 Å². The summed E-state index contributed by atoms with van der Waals surface area (Å²) in [7, 11) is 0. The fourth-order valence-electron chi connectivity index (χ4n) is 1.73. The molecular weight excluding hydrogens is 178 g/mol. The van der Waals surface area contributed by atoms with Gasteiger partial charge < -0.3 is 10.5 Å². The Bertz CT molecular complexity index is 473. The lowest BCUT2D eigenvalue weighted by Gasteiger charge is -2.26. The highest BCUT2D eigenvalue weighted by Gasteiger charge is 2.22. The van der Waals surface area contributed by atoms with Crippen molar-refractivity contribution < 1.29 is 4.74 Å². The maximum absolute atomic E-state index is 5.69. The van der Waals surface area contributed by atoms with Crippen LogP contribution in [0.5, 0.6) is 0 Å². The average Bonchev–Trinajstić information content (AvgIpc) is 2.45. The first kappa shape index (κ1) is 7.82. The summed E-state index contributed by atoms with van der Waals surface area (Å²) in [5.41, 5.74) is 7.61. The average molecular weight is 189 g/mol. The Morgan fingerprint density at radius 3 is 3.00 bits per heavy atom. The zero-order valence-electron chi connectivity index (χ0n) is 7.68. The number of nitrogens with two attached hydrogens (primary N) is 1. The van der Waals surface area contributed by atoms with Crippen LogP contribution in [0.2, 0.25) is 0 Å². The van der Waals surface area contributed by atoms with E-state index in [1.165, 1.54) is 0 Å². The molecule has 0 bridgehead atoms. The lowest BCUT2D eigenvalue weighted by Crippen LogP contribution is -2.31. The summed E-state index contributed by atoms with van der Waals surface area (Å²) >= 11 is 0. The molecule has 2 heterocycles.